The summed E-state index contributed by atoms with van der Waals surface area (Å²) in [7, 11) is 0. The first-order valence-electron chi connectivity index (χ1n) is 9.50. The topological polar surface area (TPSA) is 82.6 Å². The molecule has 3 N–H and O–H groups in total. The number of benzene rings is 3. The number of hydrazone groups is 1. The molecule has 0 unspecified atom stereocenters. The van der Waals surface area contributed by atoms with Gasteiger partial charge in [0.15, 0.2) is 0 Å². The number of hydrogen-bond donors (Lipinski definition) is 3. The van der Waals surface area contributed by atoms with Crippen LogP contribution in [0.3, 0.4) is 0 Å². The van der Waals surface area contributed by atoms with E-state index in [1.54, 1.807) is 18.2 Å². The maximum Gasteiger partial charge on any atom is 0.329 e. The summed E-state index contributed by atoms with van der Waals surface area (Å²) >= 11 is 9.64. The van der Waals surface area contributed by atoms with Crippen LogP contribution in [-0.2, 0) is 16.0 Å². The van der Waals surface area contributed by atoms with E-state index in [-0.39, 0.29) is 0 Å². The Morgan fingerprint density at radius 2 is 1.74 bits per heavy atom. The van der Waals surface area contributed by atoms with E-state index in [9.17, 15) is 9.59 Å². The number of hydrogen-bond acceptors (Lipinski definition) is 4. The zero-order valence-corrected chi connectivity index (χ0v) is 19.0. The molecule has 3 aromatic carbocycles. The average Bonchev–Trinajstić information content (AvgIpc) is 2.77. The van der Waals surface area contributed by atoms with Gasteiger partial charge in [-0.1, -0.05) is 58.7 Å². The summed E-state index contributed by atoms with van der Waals surface area (Å²) in [6.45, 7) is 2.04. The second kappa shape index (κ2) is 10.7. The van der Waals surface area contributed by atoms with E-state index >= 15 is 0 Å². The molecular weight excluding hydrogens is 480 g/mol. The van der Waals surface area contributed by atoms with Crippen LogP contribution in [0.15, 0.2) is 76.3 Å². The van der Waals surface area contributed by atoms with Gasteiger partial charge in [-0.2, -0.15) is 5.10 Å². The molecule has 0 aliphatic heterocycles. The second-order valence-electron chi connectivity index (χ2n) is 6.54. The number of carbonyl (C=O) groups is 2. The van der Waals surface area contributed by atoms with Gasteiger partial charge < -0.3 is 10.6 Å². The molecule has 0 heterocycles. The largest absolute Gasteiger partial charge is 0.354 e. The third kappa shape index (κ3) is 6.41. The number of rotatable bonds is 6. The summed E-state index contributed by atoms with van der Waals surface area (Å²) in [5.41, 5.74) is 6.08. The highest BCUT2D eigenvalue weighted by Crippen LogP contribution is 2.28. The van der Waals surface area contributed by atoms with Crippen LogP contribution in [0.2, 0.25) is 5.02 Å². The normalized spacial score (nSPS) is 10.7. The van der Waals surface area contributed by atoms with E-state index in [0.29, 0.717) is 16.3 Å². The minimum Gasteiger partial charge on any atom is -0.354 e. The van der Waals surface area contributed by atoms with Crippen molar-refractivity contribution in [3.8, 4) is 0 Å². The lowest BCUT2D eigenvalue weighted by Crippen LogP contribution is -2.32. The van der Waals surface area contributed by atoms with E-state index in [2.05, 4.69) is 37.1 Å². The van der Waals surface area contributed by atoms with Crippen molar-refractivity contribution < 1.29 is 9.59 Å². The molecule has 31 heavy (non-hydrogen) atoms. The van der Waals surface area contributed by atoms with Crippen LogP contribution in [0.4, 0.5) is 17.1 Å². The number of nitrogens with zero attached hydrogens (tertiary/aromatic N) is 1. The smallest absolute Gasteiger partial charge is 0.329 e. The number of aryl methyl sites for hydroxylation is 1. The Kier molecular flexibility index (Phi) is 7.81. The van der Waals surface area contributed by atoms with Gasteiger partial charge in [0.05, 0.1) is 16.9 Å². The maximum absolute atomic E-state index is 12.1. The first-order valence-corrected chi connectivity index (χ1v) is 10.7. The van der Waals surface area contributed by atoms with Crippen LogP contribution < -0.4 is 16.1 Å². The lowest BCUT2D eigenvalue weighted by Gasteiger charge is -2.11. The Balaban J connectivity index is 1.65. The third-order valence-corrected chi connectivity index (χ3v) is 5.18. The van der Waals surface area contributed by atoms with Crippen LogP contribution in [0.5, 0.6) is 0 Å². The van der Waals surface area contributed by atoms with Crippen LogP contribution in [-0.4, -0.2) is 18.0 Å². The predicted octanol–water partition coefficient (Wildman–Crippen LogP) is 5.50. The first kappa shape index (κ1) is 22.5. The fraction of sp³-hybridized carbons (Fsp3) is 0.0870. The van der Waals surface area contributed by atoms with Crippen molar-refractivity contribution in [2.24, 2.45) is 5.10 Å². The SMILES string of the molecule is CCc1ccc(NC(=O)C(=O)N/N=C\c2cc(Br)ccc2Nc2ccccc2Cl)cc1. The van der Waals surface area contributed by atoms with Crippen molar-refractivity contribution in [1.82, 2.24) is 5.43 Å². The standard InChI is InChI=1S/C23H20BrClN4O2/c1-2-15-7-10-18(11-8-15)27-22(30)23(31)29-26-14-16-13-17(24)9-12-20(16)28-21-6-4-3-5-19(21)25/h3-14,28H,2H2,1H3,(H,27,30)(H,29,31)/b26-14-. The van der Waals surface area contributed by atoms with Crippen molar-refractivity contribution >= 4 is 62.6 Å². The fourth-order valence-electron chi connectivity index (χ4n) is 2.68. The molecule has 6 nitrogen and oxygen atoms in total. The van der Waals surface area contributed by atoms with E-state index < -0.39 is 11.8 Å². The highest BCUT2D eigenvalue weighted by atomic mass is 79.9. The minimum absolute atomic E-state index is 0.541. The van der Waals surface area contributed by atoms with E-state index in [1.807, 2.05) is 55.5 Å². The second-order valence-corrected chi connectivity index (χ2v) is 7.86. The first-order chi connectivity index (χ1) is 15.0. The van der Waals surface area contributed by atoms with Gasteiger partial charge in [0.25, 0.3) is 0 Å². The minimum atomic E-state index is -0.869. The number of amides is 2. The Bertz CT molecular complexity index is 1120. The Morgan fingerprint density at radius 3 is 2.45 bits per heavy atom. The summed E-state index contributed by atoms with van der Waals surface area (Å²) in [5.74, 6) is -1.67. The maximum atomic E-state index is 12.1. The zero-order chi connectivity index (χ0) is 22.2. The highest BCUT2D eigenvalue weighted by Gasteiger charge is 2.13. The number of para-hydroxylation sites is 1. The Morgan fingerprint density at radius 1 is 1.00 bits per heavy atom. The summed E-state index contributed by atoms with van der Waals surface area (Å²) in [5, 5.41) is 10.3. The predicted molar refractivity (Wildman–Crippen MR) is 129 cm³/mol. The van der Waals surface area contributed by atoms with Gasteiger partial charge in [-0.15, -0.1) is 0 Å². The van der Waals surface area contributed by atoms with Gasteiger partial charge in [0.2, 0.25) is 0 Å². The lowest BCUT2D eigenvalue weighted by atomic mass is 10.1. The van der Waals surface area contributed by atoms with Crippen molar-refractivity contribution in [3.63, 3.8) is 0 Å². The van der Waals surface area contributed by atoms with E-state index in [4.69, 9.17) is 11.6 Å². The molecule has 8 heteroatoms. The van der Waals surface area contributed by atoms with Crippen molar-refractivity contribution in [2.45, 2.75) is 13.3 Å². The van der Waals surface area contributed by atoms with Crippen LogP contribution in [0, 0.1) is 0 Å². The van der Waals surface area contributed by atoms with Crippen LogP contribution in [0.25, 0.3) is 0 Å². The number of nitrogens with one attached hydrogen (secondary N) is 3. The quantitative estimate of drug-likeness (QED) is 0.238. The summed E-state index contributed by atoms with van der Waals surface area (Å²) in [4.78, 5) is 24.1. The molecule has 0 fully saturated rings. The molecule has 0 aliphatic rings. The molecule has 0 bridgehead atoms. The Hall–Kier alpha value is -3.16. The summed E-state index contributed by atoms with van der Waals surface area (Å²) < 4.78 is 0.832. The summed E-state index contributed by atoms with van der Waals surface area (Å²) in [6, 6.07) is 20.2. The lowest BCUT2D eigenvalue weighted by molar-refractivity contribution is -0.136. The Labute approximate surface area is 193 Å². The van der Waals surface area contributed by atoms with Crippen molar-refractivity contribution in [1.29, 1.82) is 0 Å². The number of halogens is 2. The zero-order valence-electron chi connectivity index (χ0n) is 16.7. The molecule has 0 aliphatic carbocycles. The molecular formula is C23H20BrClN4O2. The molecule has 3 rings (SSSR count). The van der Waals surface area contributed by atoms with Crippen molar-refractivity contribution in [2.75, 3.05) is 10.6 Å². The monoisotopic (exact) mass is 498 g/mol. The van der Waals surface area contributed by atoms with Crippen LogP contribution in [0.1, 0.15) is 18.1 Å². The van der Waals surface area contributed by atoms with Crippen LogP contribution >= 0.6 is 27.5 Å². The van der Waals surface area contributed by atoms with Gasteiger partial charge in [0.1, 0.15) is 0 Å². The molecule has 2 amide bonds. The number of carbonyl (C=O) groups excluding carboxylic acids is 2. The fourth-order valence-corrected chi connectivity index (χ4v) is 3.25. The molecule has 0 aromatic heterocycles. The number of anilines is 3. The van der Waals surface area contributed by atoms with Gasteiger partial charge in [-0.05, 0) is 54.4 Å². The average molecular weight is 500 g/mol. The highest BCUT2D eigenvalue weighted by molar-refractivity contribution is 9.10. The molecule has 0 saturated heterocycles. The van der Waals surface area contributed by atoms with E-state index in [0.717, 1.165) is 27.8 Å². The molecule has 0 saturated carbocycles. The summed E-state index contributed by atoms with van der Waals surface area (Å²) in [6.07, 6.45) is 2.34. The van der Waals surface area contributed by atoms with Gasteiger partial charge >= 0.3 is 11.8 Å². The van der Waals surface area contributed by atoms with Gasteiger partial charge in [-0.25, -0.2) is 5.43 Å². The molecule has 0 atom stereocenters. The molecule has 158 valence electrons. The third-order valence-electron chi connectivity index (χ3n) is 4.35. The molecule has 3 aromatic rings. The molecule has 0 spiro atoms. The van der Waals surface area contributed by atoms with Crippen molar-refractivity contribution in [3.05, 3.63) is 87.4 Å². The van der Waals surface area contributed by atoms with Gasteiger partial charge in [0, 0.05) is 21.4 Å². The van der Waals surface area contributed by atoms with E-state index in [1.165, 1.54) is 6.21 Å². The molecule has 0 radical (unpaired) electrons. The van der Waals surface area contributed by atoms with Gasteiger partial charge in [-0.3, -0.25) is 9.59 Å².